The molecule has 0 amide bonds. The minimum absolute atomic E-state index is 0.164. The second-order valence-electron chi connectivity index (χ2n) is 11.5. The molecule has 0 fully saturated rings. The number of hydrogen-bond acceptors (Lipinski definition) is 3. The Morgan fingerprint density at radius 1 is 0.812 bits per heavy atom. The zero-order valence-corrected chi connectivity index (χ0v) is 22.3. The summed E-state index contributed by atoms with van der Waals surface area (Å²) in [5.41, 5.74) is 2.69. The van der Waals surface area contributed by atoms with Crippen LogP contribution in [-0.2, 0) is 20.4 Å². The smallest absolute Gasteiger partial charge is 0.313 e. The molecule has 3 heteroatoms. The van der Waals surface area contributed by atoms with Crippen LogP contribution in [-0.4, -0.2) is 17.7 Å². The quantitative estimate of drug-likeness (QED) is 0.244. The lowest BCUT2D eigenvalue weighted by Gasteiger charge is -2.32. The number of carbonyl (C=O) groups is 1. The third-order valence-electron chi connectivity index (χ3n) is 6.31. The van der Waals surface area contributed by atoms with Gasteiger partial charge in [-0.1, -0.05) is 106 Å². The Labute approximate surface area is 198 Å². The molecule has 0 saturated heterocycles. The highest BCUT2D eigenvalue weighted by molar-refractivity contribution is 5.79. The molecule has 0 aliphatic rings. The summed E-state index contributed by atoms with van der Waals surface area (Å²) in [6.45, 7) is 17.4. The summed E-state index contributed by atoms with van der Waals surface area (Å²) < 4.78 is 5.69. The van der Waals surface area contributed by atoms with Crippen molar-refractivity contribution in [2.24, 2.45) is 0 Å². The maximum Gasteiger partial charge on any atom is 0.313 e. The van der Waals surface area contributed by atoms with E-state index in [1.165, 1.54) is 51.4 Å². The van der Waals surface area contributed by atoms with Gasteiger partial charge in [-0.05, 0) is 53.0 Å². The van der Waals surface area contributed by atoms with Gasteiger partial charge in [-0.3, -0.25) is 4.79 Å². The normalized spacial score (nSPS) is 13.2. The number of carbonyl (C=O) groups excluding carboxylic acids is 1. The fourth-order valence-electron chi connectivity index (χ4n) is 4.35. The van der Waals surface area contributed by atoms with Crippen molar-refractivity contribution in [3.8, 4) is 5.75 Å². The highest BCUT2D eigenvalue weighted by Crippen LogP contribution is 2.41. The third kappa shape index (κ3) is 9.55. The van der Waals surface area contributed by atoms with E-state index in [2.05, 4.69) is 48.5 Å². The lowest BCUT2D eigenvalue weighted by molar-refractivity contribution is -0.145. The summed E-state index contributed by atoms with van der Waals surface area (Å²) in [6, 6.07) is 3.63. The minimum atomic E-state index is -0.359. The number of phenols is 1. The number of ether oxygens (including phenoxy) is 1. The molecule has 184 valence electrons. The number of phenolic OH excluding ortho intramolecular Hbond substituents is 1. The zero-order chi connectivity index (χ0) is 24.4. The Kier molecular flexibility index (Phi) is 11.8. The van der Waals surface area contributed by atoms with Crippen LogP contribution in [0.3, 0.4) is 0 Å². The standard InChI is InChI=1S/C29H50O3/c1-9-10-11-12-13-14-15-16-17-18-19-32-27(31)22(2)26-24(28(3,4)5)20-23(30)21-25(26)29(6,7)8/h20-22,30H,9-19H2,1-8H3. The number of esters is 1. The van der Waals surface area contributed by atoms with E-state index in [9.17, 15) is 9.90 Å². The van der Waals surface area contributed by atoms with Gasteiger partial charge in [0.1, 0.15) is 5.75 Å². The molecule has 0 aromatic heterocycles. The van der Waals surface area contributed by atoms with E-state index in [-0.39, 0.29) is 28.5 Å². The molecule has 0 saturated carbocycles. The molecule has 1 N–H and O–H groups in total. The summed E-state index contributed by atoms with van der Waals surface area (Å²) >= 11 is 0. The number of benzene rings is 1. The summed E-state index contributed by atoms with van der Waals surface area (Å²) in [5, 5.41) is 10.4. The zero-order valence-electron chi connectivity index (χ0n) is 22.3. The van der Waals surface area contributed by atoms with Gasteiger partial charge in [0.2, 0.25) is 0 Å². The Morgan fingerprint density at radius 2 is 1.22 bits per heavy atom. The molecule has 1 unspecified atom stereocenters. The monoisotopic (exact) mass is 446 g/mol. The van der Waals surface area contributed by atoms with Gasteiger partial charge < -0.3 is 9.84 Å². The summed E-state index contributed by atoms with van der Waals surface area (Å²) in [5.74, 6) is -0.265. The molecule has 3 nitrogen and oxygen atoms in total. The number of rotatable bonds is 13. The van der Waals surface area contributed by atoms with Crippen LogP contribution in [0.2, 0.25) is 0 Å². The molecule has 0 aliphatic heterocycles. The first-order chi connectivity index (χ1) is 14.9. The van der Waals surface area contributed by atoms with Gasteiger partial charge in [0.25, 0.3) is 0 Å². The van der Waals surface area contributed by atoms with E-state index >= 15 is 0 Å². The fraction of sp³-hybridized carbons (Fsp3) is 0.759. The van der Waals surface area contributed by atoms with Gasteiger partial charge in [0, 0.05) is 0 Å². The van der Waals surface area contributed by atoms with E-state index < -0.39 is 0 Å². The van der Waals surface area contributed by atoms with E-state index in [4.69, 9.17) is 4.74 Å². The van der Waals surface area contributed by atoms with Crippen molar-refractivity contribution in [2.45, 2.75) is 136 Å². The number of aromatic hydroxyl groups is 1. The Morgan fingerprint density at radius 3 is 1.62 bits per heavy atom. The van der Waals surface area contributed by atoms with Crippen LogP contribution >= 0.6 is 0 Å². The van der Waals surface area contributed by atoms with Crippen LogP contribution < -0.4 is 0 Å². The predicted octanol–water partition coefficient (Wildman–Crippen LogP) is 8.55. The summed E-state index contributed by atoms with van der Waals surface area (Å²) in [4.78, 5) is 13.0. The average molecular weight is 447 g/mol. The van der Waals surface area contributed by atoms with Gasteiger partial charge >= 0.3 is 5.97 Å². The Bertz CT molecular complexity index is 656. The van der Waals surface area contributed by atoms with Gasteiger partial charge in [0.05, 0.1) is 12.5 Å². The van der Waals surface area contributed by atoms with Crippen molar-refractivity contribution in [3.63, 3.8) is 0 Å². The van der Waals surface area contributed by atoms with Crippen LogP contribution in [0.25, 0.3) is 0 Å². The second-order valence-corrected chi connectivity index (χ2v) is 11.5. The molecule has 1 aromatic rings. The van der Waals surface area contributed by atoms with Crippen LogP contribution in [0.5, 0.6) is 5.75 Å². The summed E-state index contributed by atoms with van der Waals surface area (Å²) in [6.07, 6.45) is 12.7. The molecular formula is C29H50O3. The molecule has 0 bridgehead atoms. The topological polar surface area (TPSA) is 46.5 Å². The van der Waals surface area contributed by atoms with E-state index in [1.54, 1.807) is 0 Å². The maximum atomic E-state index is 13.0. The van der Waals surface area contributed by atoms with Crippen molar-refractivity contribution in [2.75, 3.05) is 6.61 Å². The first-order valence-electron chi connectivity index (χ1n) is 12.9. The van der Waals surface area contributed by atoms with Gasteiger partial charge in [-0.15, -0.1) is 0 Å². The van der Waals surface area contributed by atoms with Gasteiger partial charge in [-0.25, -0.2) is 0 Å². The van der Waals surface area contributed by atoms with E-state index in [0.717, 1.165) is 29.5 Å². The lowest BCUT2D eigenvalue weighted by Crippen LogP contribution is -2.26. The molecule has 0 radical (unpaired) electrons. The fourth-order valence-corrected chi connectivity index (χ4v) is 4.35. The molecule has 32 heavy (non-hydrogen) atoms. The Balaban J connectivity index is 2.64. The van der Waals surface area contributed by atoms with E-state index in [0.29, 0.717) is 6.61 Å². The largest absolute Gasteiger partial charge is 0.508 e. The van der Waals surface area contributed by atoms with Crippen LogP contribution in [0.4, 0.5) is 0 Å². The number of unbranched alkanes of at least 4 members (excludes halogenated alkanes) is 9. The predicted molar refractivity (Wildman–Crippen MR) is 137 cm³/mol. The molecule has 0 heterocycles. The van der Waals surface area contributed by atoms with Gasteiger partial charge in [0.15, 0.2) is 0 Å². The van der Waals surface area contributed by atoms with Crippen LogP contribution in [0.1, 0.15) is 142 Å². The highest BCUT2D eigenvalue weighted by atomic mass is 16.5. The Hall–Kier alpha value is -1.51. The molecule has 1 aromatic carbocycles. The first-order valence-corrected chi connectivity index (χ1v) is 12.9. The number of hydrogen-bond donors (Lipinski definition) is 1. The molecule has 1 atom stereocenters. The van der Waals surface area contributed by atoms with E-state index in [1.807, 2.05) is 19.1 Å². The van der Waals surface area contributed by atoms with Crippen LogP contribution in [0.15, 0.2) is 12.1 Å². The van der Waals surface area contributed by atoms with Crippen molar-refractivity contribution in [3.05, 3.63) is 28.8 Å². The average Bonchev–Trinajstić information content (AvgIpc) is 2.69. The minimum Gasteiger partial charge on any atom is -0.508 e. The maximum absolute atomic E-state index is 13.0. The van der Waals surface area contributed by atoms with Crippen LogP contribution in [0, 0.1) is 0 Å². The molecule has 1 rings (SSSR count). The first kappa shape index (κ1) is 28.5. The van der Waals surface area contributed by atoms with Crippen molar-refractivity contribution in [1.29, 1.82) is 0 Å². The summed E-state index contributed by atoms with van der Waals surface area (Å²) in [7, 11) is 0. The lowest BCUT2D eigenvalue weighted by atomic mass is 9.73. The van der Waals surface area contributed by atoms with Gasteiger partial charge in [-0.2, -0.15) is 0 Å². The third-order valence-corrected chi connectivity index (χ3v) is 6.31. The molecule has 0 aliphatic carbocycles. The van der Waals surface area contributed by atoms with Crippen molar-refractivity contribution < 1.29 is 14.6 Å². The second kappa shape index (κ2) is 13.3. The highest BCUT2D eigenvalue weighted by Gasteiger charge is 2.32. The molecule has 0 spiro atoms. The SMILES string of the molecule is CCCCCCCCCCCCOC(=O)C(C)c1c(C(C)(C)C)cc(O)cc1C(C)(C)C. The molecular weight excluding hydrogens is 396 g/mol. The van der Waals surface area contributed by atoms with Crippen molar-refractivity contribution in [1.82, 2.24) is 0 Å². The van der Waals surface area contributed by atoms with Crippen molar-refractivity contribution >= 4 is 5.97 Å².